The first-order valence-corrected chi connectivity index (χ1v) is 19.9. The number of amides is 1. The summed E-state index contributed by atoms with van der Waals surface area (Å²) >= 11 is 0. The van der Waals surface area contributed by atoms with Gasteiger partial charge in [-0.1, -0.05) is 84.4 Å². The van der Waals surface area contributed by atoms with Crippen LogP contribution >= 0.6 is 0 Å². The highest BCUT2D eigenvalue weighted by Gasteiger charge is 2.72. The van der Waals surface area contributed by atoms with Crippen molar-refractivity contribution >= 4 is 12.1 Å². The first-order valence-electron chi connectivity index (χ1n) is 19.9. The van der Waals surface area contributed by atoms with Gasteiger partial charge in [0.2, 0.25) is 5.91 Å². The molecule has 1 N–H and O–H groups in total. The van der Waals surface area contributed by atoms with E-state index in [1.165, 1.54) is 56.9 Å². The molecular formula is C45H64N2O3. The Morgan fingerprint density at radius 2 is 1.56 bits per heavy atom. The van der Waals surface area contributed by atoms with E-state index in [2.05, 4.69) is 96.0 Å². The lowest BCUT2D eigenvalue weighted by molar-refractivity contribution is -0.239. The molecule has 5 saturated carbocycles. The Bertz CT molecular complexity index is 1550. The fourth-order valence-electron chi connectivity index (χ4n) is 14.2. The molecule has 1 aromatic carbocycles. The van der Waals surface area contributed by atoms with Crippen LogP contribution in [-0.2, 0) is 20.8 Å². The molecule has 7 rings (SSSR count). The molecule has 5 fully saturated rings. The molecule has 272 valence electrons. The molecular weight excluding hydrogens is 617 g/mol. The van der Waals surface area contributed by atoms with Crippen molar-refractivity contribution in [1.29, 1.82) is 0 Å². The summed E-state index contributed by atoms with van der Waals surface area (Å²) in [6.45, 7) is 21.3. The predicted octanol–water partition coefficient (Wildman–Crippen LogP) is 9.99. The van der Waals surface area contributed by atoms with E-state index in [1.54, 1.807) is 5.56 Å². The topological polar surface area (TPSA) is 76.1 Å². The van der Waals surface area contributed by atoms with Gasteiger partial charge in [0.1, 0.15) is 0 Å². The molecule has 1 aromatic heterocycles. The molecule has 2 aromatic rings. The average molecular weight is 681 g/mol. The van der Waals surface area contributed by atoms with Crippen molar-refractivity contribution in [2.75, 3.05) is 6.54 Å². The largest absolute Gasteiger partial charge is 0.373 e. The Hall–Kier alpha value is -2.78. The molecule has 50 heavy (non-hydrogen) atoms. The molecule has 0 radical (unpaired) electrons. The van der Waals surface area contributed by atoms with Crippen molar-refractivity contribution in [2.24, 2.45) is 62.6 Å². The molecule has 5 aliphatic rings. The highest BCUT2D eigenvalue weighted by Crippen LogP contribution is 2.78. The molecule has 10 atom stereocenters. The van der Waals surface area contributed by atoms with E-state index in [0.29, 0.717) is 63.7 Å². The fourth-order valence-corrected chi connectivity index (χ4v) is 14.2. The van der Waals surface area contributed by atoms with Crippen LogP contribution in [0.25, 0.3) is 0 Å². The molecule has 0 unspecified atom stereocenters. The maximum atomic E-state index is 14.4. The van der Waals surface area contributed by atoms with Gasteiger partial charge in [0.15, 0.2) is 0 Å². The number of pyridine rings is 1. The minimum atomic E-state index is -0.193. The number of benzene rings is 1. The van der Waals surface area contributed by atoms with Crippen LogP contribution in [0.1, 0.15) is 135 Å². The summed E-state index contributed by atoms with van der Waals surface area (Å²) in [6, 6.07) is 15.6. The maximum Gasteiger partial charge on any atom is 0.373 e. The van der Waals surface area contributed by atoms with E-state index in [-0.39, 0.29) is 11.6 Å². The molecule has 5 aliphatic carbocycles. The van der Waals surface area contributed by atoms with E-state index in [1.807, 2.05) is 18.3 Å². The Balaban J connectivity index is 0.00000139. The monoisotopic (exact) mass is 680 g/mol. The van der Waals surface area contributed by atoms with E-state index in [9.17, 15) is 4.79 Å². The highest BCUT2D eigenvalue weighted by molar-refractivity contribution is 5.83. The summed E-state index contributed by atoms with van der Waals surface area (Å²) in [5.74, 6) is 4.97. The smallest absolute Gasteiger partial charge is 0.355 e. The van der Waals surface area contributed by atoms with Crippen molar-refractivity contribution in [3.63, 3.8) is 0 Å². The lowest BCUT2D eigenvalue weighted by atomic mass is 9.31. The third-order valence-electron chi connectivity index (χ3n) is 16.7. The lowest BCUT2D eigenvalue weighted by Crippen LogP contribution is -2.67. The van der Waals surface area contributed by atoms with Gasteiger partial charge in [0.25, 0.3) is 0 Å². The number of fused-ring (bicyclic) bond motifs is 7. The van der Waals surface area contributed by atoms with Gasteiger partial charge in [-0.2, -0.15) is 9.59 Å². The summed E-state index contributed by atoms with van der Waals surface area (Å²) in [7, 11) is 0. The molecule has 0 aliphatic heterocycles. The highest BCUT2D eigenvalue weighted by atomic mass is 16.2. The van der Waals surface area contributed by atoms with Crippen LogP contribution in [0, 0.1) is 69.5 Å². The molecule has 0 spiro atoms. The standard InChI is InChI=1S/C44H64N2O.CO2/c1-29(2)33-18-24-44(39(47)46-28-21-32-11-9-10-27-45-32)26-25-42(7)35(38(33)44)16-17-37-41(6)22-19-34(31-14-12-30(3)13-15-31)40(4,5)36(41)20-23-43(37,42)8;2-1-3/h9-15,27,29,33-38H,16-26,28H2,1-8H3,(H,46,47);/t33-,34+,35+,36-,37+,38+,41-,42+,43+,44-;/m0./s1. The first-order chi connectivity index (χ1) is 23.7. The second-order valence-electron chi connectivity index (χ2n) is 19.0. The summed E-state index contributed by atoms with van der Waals surface area (Å²) in [4.78, 5) is 35.2. The van der Waals surface area contributed by atoms with Crippen molar-refractivity contribution < 1.29 is 14.4 Å². The number of carbonyl (C=O) groups is 1. The number of nitrogens with one attached hydrogen (secondary N) is 1. The number of nitrogens with zero attached hydrogens (tertiary/aromatic N) is 1. The van der Waals surface area contributed by atoms with Crippen LogP contribution < -0.4 is 5.32 Å². The molecule has 5 heteroatoms. The van der Waals surface area contributed by atoms with Crippen LogP contribution in [0.3, 0.4) is 0 Å². The van der Waals surface area contributed by atoms with Crippen molar-refractivity contribution in [2.45, 2.75) is 132 Å². The van der Waals surface area contributed by atoms with Crippen molar-refractivity contribution in [3.05, 3.63) is 65.5 Å². The maximum absolute atomic E-state index is 14.4. The number of aromatic nitrogens is 1. The lowest BCUT2D eigenvalue weighted by Gasteiger charge is -2.73. The number of aryl methyl sites for hydroxylation is 1. The molecule has 5 nitrogen and oxygen atoms in total. The third kappa shape index (κ3) is 5.73. The van der Waals surface area contributed by atoms with Gasteiger partial charge >= 0.3 is 6.15 Å². The molecule has 0 saturated heterocycles. The van der Waals surface area contributed by atoms with Crippen LogP contribution in [0.5, 0.6) is 0 Å². The van der Waals surface area contributed by atoms with Crippen molar-refractivity contribution in [3.8, 4) is 0 Å². The first kappa shape index (κ1) is 37.0. The Morgan fingerprint density at radius 1 is 0.840 bits per heavy atom. The van der Waals surface area contributed by atoms with Gasteiger partial charge in [0, 0.05) is 24.9 Å². The summed E-state index contributed by atoms with van der Waals surface area (Å²) in [5.41, 5.74) is 5.11. The van der Waals surface area contributed by atoms with E-state index in [4.69, 9.17) is 9.59 Å². The second-order valence-corrected chi connectivity index (χ2v) is 19.0. The zero-order valence-corrected chi connectivity index (χ0v) is 32.3. The van der Waals surface area contributed by atoms with Crippen molar-refractivity contribution in [1.82, 2.24) is 10.3 Å². The number of hydrogen-bond donors (Lipinski definition) is 1. The summed E-state index contributed by atoms with van der Waals surface area (Å²) in [5, 5.41) is 3.49. The zero-order valence-electron chi connectivity index (χ0n) is 32.3. The molecule has 0 bridgehead atoms. The van der Waals surface area contributed by atoms with E-state index >= 15 is 0 Å². The second kappa shape index (κ2) is 13.6. The quantitative estimate of drug-likeness (QED) is 0.330. The number of rotatable bonds is 6. The molecule has 1 amide bonds. The van der Waals surface area contributed by atoms with Crippen LogP contribution in [0.4, 0.5) is 0 Å². The summed E-state index contributed by atoms with van der Waals surface area (Å²) in [6.07, 6.45) is 15.6. The van der Waals surface area contributed by atoms with Crippen LogP contribution in [0.2, 0.25) is 0 Å². The van der Waals surface area contributed by atoms with Gasteiger partial charge in [-0.25, -0.2) is 0 Å². The number of carbonyl (C=O) groups excluding carboxylic acids is 3. The minimum Gasteiger partial charge on any atom is -0.355 e. The van der Waals surface area contributed by atoms with Crippen LogP contribution in [0.15, 0.2) is 48.7 Å². The normalized spacial score (nSPS) is 39.8. The Kier molecular flexibility index (Phi) is 10.1. The van der Waals surface area contributed by atoms with Crippen LogP contribution in [-0.4, -0.2) is 23.6 Å². The minimum absolute atomic E-state index is 0.193. The van der Waals surface area contributed by atoms with Gasteiger partial charge in [-0.05, 0) is 152 Å². The Labute approximate surface area is 302 Å². The fraction of sp³-hybridized carbons (Fsp3) is 0.711. The van der Waals surface area contributed by atoms with Gasteiger partial charge in [-0.15, -0.1) is 0 Å². The SMILES string of the molecule is Cc1ccc([C@H]2CC[C@]3(C)[C@H]4CC[C@@H]5[C@H]6[C@H](C(C)C)CC[C@]6(C(=O)NCCc6ccccn6)CC[C@@]5(C)[C@]4(C)CC[C@H]3C2(C)C)cc1.O=C=O. The molecule has 1 heterocycles. The average Bonchev–Trinajstić information content (AvgIpc) is 3.48. The van der Waals surface area contributed by atoms with Gasteiger partial charge in [0.05, 0.1) is 5.41 Å². The number of hydrogen-bond acceptors (Lipinski definition) is 4. The summed E-state index contributed by atoms with van der Waals surface area (Å²) < 4.78 is 0. The zero-order chi connectivity index (χ0) is 36.1. The van der Waals surface area contributed by atoms with Gasteiger partial charge in [-0.3, -0.25) is 9.78 Å². The van der Waals surface area contributed by atoms with E-state index in [0.717, 1.165) is 36.8 Å². The predicted molar refractivity (Wildman–Crippen MR) is 199 cm³/mol. The third-order valence-corrected chi connectivity index (χ3v) is 16.7. The van der Waals surface area contributed by atoms with E-state index < -0.39 is 0 Å². The van der Waals surface area contributed by atoms with Gasteiger partial charge < -0.3 is 5.32 Å². The Morgan fingerprint density at radius 3 is 2.22 bits per heavy atom.